The van der Waals surface area contributed by atoms with E-state index in [1.54, 1.807) is 0 Å². The van der Waals surface area contributed by atoms with Crippen molar-refractivity contribution in [1.82, 2.24) is 14.9 Å². The average molecular weight is 283 g/mol. The van der Waals surface area contributed by atoms with Crippen molar-refractivity contribution in [2.45, 2.75) is 26.7 Å². The molecular weight excluding hydrogens is 260 g/mol. The summed E-state index contributed by atoms with van der Waals surface area (Å²) < 4.78 is 0. The lowest BCUT2D eigenvalue weighted by molar-refractivity contribution is 0.284. The number of hydrogen-bond acceptors (Lipinski definition) is 4. The summed E-state index contributed by atoms with van der Waals surface area (Å²) in [7, 11) is 4.29. The first kappa shape index (κ1) is 14.5. The molecule has 1 aliphatic heterocycles. The second kappa shape index (κ2) is 6.06. The molecule has 1 saturated heterocycles. The summed E-state index contributed by atoms with van der Waals surface area (Å²) in [4.78, 5) is 13.4. The number of halogens is 1. The Labute approximate surface area is 120 Å². The molecule has 0 N–H and O–H groups in total. The Morgan fingerprint density at radius 2 is 1.84 bits per heavy atom. The van der Waals surface area contributed by atoms with Gasteiger partial charge in [0.1, 0.15) is 16.8 Å². The smallest absolute Gasteiger partial charge is 0.137 e. The molecule has 1 fully saturated rings. The Kier molecular flexibility index (Phi) is 4.63. The van der Waals surface area contributed by atoms with E-state index >= 15 is 0 Å². The van der Waals surface area contributed by atoms with Gasteiger partial charge in [-0.2, -0.15) is 0 Å². The second-order valence-corrected chi connectivity index (χ2v) is 6.06. The van der Waals surface area contributed by atoms with Crippen molar-refractivity contribution >= 4 is 17.4 Å². The van der Waals surface area contributed by atoms with Gasteiger partial charge in [-0.1, -0.05) is 11.6 Å². The zero-order chi connectivity index (χ0) is 14.0. The van der Waals surface area contributed by atoms with E-state index in [9.17, 15) is 0 Å². The average Bonchev–Trinajstić information content (AvgIpc) is 2.34. The molecule has 5 heteroatoms. The van der Waals surface area contributed by atoms with Crippen molar-refractivity contribution in [3.8, 4) is 0 Å². The van der Waals surface area contributed by atoms with Crippen LogP contribution < -0.4 is 4.90 Å². The van der Waals surface area contributed by atoms with E-state index < -0.39 is 0 Å². The highest BCUT2D eigenvalue weighted by molar-refractivity contribution is 6.30. The third kappa shape index (κ3) is 3.57. The third-order valence-corrected chi connectivity index (χ3v) is 4.08. The van der Waals surface area contributed by atoms with Gasteiger partial charge >= 0.3 is 0 Å². The maximum atomic E-state index is 6.15. The van der Waals surface area contributed by atoms with Crippen molar-refractivity contribution in [1.29, 1.82) is 0 Å². The molecule has 19 heavy (non-hydrogen) atoms. The predicted octanol–water partition coefficient (Wildman–Crippen LogP) is 2.52. The molecule has 0 bridgehead atoms. The van der Waals surface area contributed by atoms with Crippen molar-refractivity contribution in [2.75, 3.05) is 38.6 Å². The highest BCUT2D eigenvalue weighted by Gasteiger charge is 2.22. The Balaban J connectivity index is 2.05. The molecule has 0 atom stereocenters. The molecule has 0 saturated carbocycles. The number of aryl methyl sites for hydroxylation is 1. The molecule has 1 aromatic heterocycles. The largest absolute Gasteiger partial charge is 0.356 e. The number of rotatable bonds is 3. The second-order valence-electron chi connectivity index (χ2n) is 5.70. The molecule has 0 aliphatic carbocycles. The van der Waals surface area contributed by atoms with Gasteiger partial charge in [-0.3, -0.25) is 0 Å². The summed E-state index contributed by atoms with van der Waals surface area (Å²) in [6, 6.07) is 0. The van der Waals surface area contributed by atoms with Gasteiger partial charge in [0.15, 0.2) is 0 Å². The van der Waals surface area contributed by atoms with Gasteiger partial charge in [0.25, 0.3) is 0 Å². The zero-order valence-corrected chi connectivity index (χ0v) is 13.0. The highest BCUT2D eigenvalue weighted by Crippen LogP contribution is 2.27. The van der Waals surface area contributed by atoms with Gasteiger partial charge in [-0.05, 0) is 46.7 Å². The van der Waals surface area contributed by atoms with E-state index in [0.717, 1.165) is 36.2 Å². The topological polar surface area (TPSA) is 32.3 Å². The van der Waals surface area contributed by atoms with Crippen LogP contribution in [0, 0.1) is 19.8 Å². The van der Waals surface area contributed by atoms with E-state index in [-0.39, 0.29) is 0 Å². The summed E-state index contributed by atoms with van der Waals surface area (Å²) in [5.74, 6) is 2.56. The van der Waals surface area contributed by atoms with E-state index in [2.05, 4.69) is 33.9 Å². The predicted molar refractivity (Wildman–Crippen MR) is 80.0 cm³/mol. The minimum Gasteiger partial charge on any atom is -0.356 e. The van der Waals surface area contributed by atoms with Crippen molar-refractivity contribution in [3.63, 3.8) is 0 Å². The molecule has 1 aromatic rings. The molecule has 0 amide bonds. The van der Waals surface area contributed by atoms with Crippen molar-refractivity contribution < 1.29 is 0 Å². The molecule has 0 unspecified atom stereocenters. The van der Waals surface area contributed by atoms with Gasteiger partial charge in [0.05, 0.1) is 0 Å². The van der Waals surface area contributed by atoms with Crippen LogP contribution in [-0.4, -0.2) is 48.6 Å². The van der Waals surface area contributed by atoms with Crippen LogP contribution in [0.1, 0.15) is 24.2 Å². The Bertz CT molecular complexity index is 439. The highest BCUT2D eigenvalue weighted by atomic mass is 35.5. The molecular formula is C14H23ClN4. The van der Waals surface area contributed by atoms with Gasteiger partial charge in [0, 0.05) is 25.2 Å². The van der Waals surface area contributed by atoms with Crippen LogP contribution in [0.3, 0.4) is 0 Å². The summed E-state index contributed by atoms with van der Waals surface area (Å²) in [6.07, 6.45) is 2.44. The van der Waals surface area contributed by atoms with E-state index in [4.69, 9.17) is 11.6 Å². The van der Waals surface area contributed by atoms with E-state index in [0.29, 0.717) is 5.15 Å². The Morgan fingerprint density at radius 1 is 1.21 bits per heavy atom. The maximum Gasteiger partial charge on any atom is 0.137 e. The number of aromatic nitrogens is 2. The third-order valence-electron chi connectivity index (χ3n) is 3.71. The minimum atomic E-state index is 0.581. The van der Waals surface area contributed by atoms with Gasteiger partial charge < -0.3 is 9.80 Å². The maximum absolute atomic E-state index is 6.15. The van der Waals surface area contributed by atoms with Crippen LogP contribution in [-0.2, 0) is 0 Å². The first-order valence-corrected chi connectivity index (χ1v) is 7.25. The Morgan fingerprint density at radius 3 is 2.42 bits per heavy atom. The molecule has 2 rings (SSSR count). The summed E-state index contributed by atoms with van der Waals surface area (Å²) in [6.45, 7) is 7.20. The minimum absolute atomic E-state index is 0.581. The number of nitrogens with zero attached hydrogens (tertiary/aromatic N) is 4. The molecule has 0 aromatic carbocycles. The lowest BCUT2D eigenvalue weighted by Gasteiger charge is -2.34. The number of hydrogen-bond donors (Lipinski definition) is 0. The summed E-state index contributed by atoms with van der Waals surface area (Å²) >= 11 is 6.15. The SMILES string of the molecule is Cc1nc(Cl)c(C)c(N2CCC(CN(C)C)CC2)n1. The lowest BCUT2D eigenvalue weighted by Crippen LogP contribution is -2.38. The first-order valence-electron chi connectivity index (χ1n) is 6.87. The van der Waals surface area contributed by atoms with Gasteiger partial charge in [0.2, 0.25) is 0 Å². The van der Waals surface area contributed by atoms with Gasteiger partial charge in [-0.15, -0.1) is 0 Å². The van der Waals surface area contributed by atoms with Crippen LogP contribution in [0.25, 0.3) is 0 Å². The van der Waals surface area contributed by atoms with Crippen LogP contribution in [0.15, 0.2) is 0 Å². The van der Waals surface area contributed by atoms with Crippen LogP contribution >= 0.6 is 11.6 Å². The monoisotopic (exact) mass is 282 g/mol. The fourth-order valence-corrected chi connectivity index (χ4v) is 2.94. The van der Waals surface area contributed by atoms with Crippen LogP contribution in [0.4, 0.5) is 5.82 Å². The number of piperidine rings is 1. The summed E-state index contributed by atoms with van der Waals surface area (Å²) in [5.41, 5.74) is 0.998. The fourth-order valence-electron chi connectivity index (χ4n) is 2.73. The molecule has 4 nitrogen and oxygen atoms in total. The van der Waals surface area contributed by atoms with Crippen LogP contribution in [0.5, 0.6) is 0 Å². The van der Waals surface area contributed by atoms with Gasteiger partial charge in [-0.25, -0.2) is 9.97 Å². The van der Waals surface area contributed by atoms with Crippen LogP contribution in [0.2, 0.25) is 5.15 Å². The lowest BCUT2D eigenvalue weighted by atomic mass is 9.96. The Hall–Kier alpha value is -0.870. The first-order chi connectivity index (χ1) is 8.97. The molecule has 106 valence electrons. The zero-order valence-electron chi connectivity index (χ0n) is 12.3. The quantitative estimate of drug-likeness (QED) is 0.798. The molecule has 1 aliphatic rings. The standard InChI is InChI=1S/C14H23ClN4/c1-10-13(15)16-11(2)17-14(10)19-7-5-12(6-8-19)9-18(3)4/h12H,5-9H2,1-4H3. The van der Waals surface area contributed by atoms with E-state index in [1.807, 2.05) is 13.8 Å². The van der Waals surface area contributed by atoms with Crippen molar-refractivity contribution in [2.24, 2.45) is 5.92 Å². The fraction of sp³-hybridized carbons (Fsp3) is 0.714. The summed E-state index contributed by atoms with van der Waals surface area (Å²) in [5, 5.41) is 0.581. The van der Waals surface area contributed by atoms with E-state index in [1.165, 1.54) is 19.4 Å². The molecule has 0 radical (unpaired) electrons. The van der Waals surface area contributed by atoms with Crippen molar-refractivity contribution in [3.05, 3.63) is 16.5 Å². The molecule has 2 heterocycles. The normalized spacial score (nSPS) is 17.3. The number of anilines is 1. The molecule has 0 spiro atoms.